The van der Waals surface area contributed by atoms with Crippen molar-refractivity contribution < 1.29 is 18.3 Å². The number of carbonyl (C=O) groups is 1. The lowest BCUT2D eigenvalue weighted by Crippen LogP contribution is -2.42. The van der Waals surface area contributed by atoms with Crippen molar-refractivity contribution in [1.29, 1.82) is 0 Å². The minimum atomic E-state index is -1.44. The average molecular weight is 408 g/mol. The molecule has 0 aromatic heterocycles. The Kier molecular flexibility index (Phi) is 6.60. The fraction of sp³-hybridized carbons (Fsp3) is 0.364. The van der Waals surface area contributed by atoms with Gasteiger partial charge in [-0.15, -0.1) is 0 Å². The number of hydrogen-bond acceptors (Lipinski definition) is 3. The van der Waals surface area contributed by atoms with Gasteiger partial charge in [-0.05, 0) is 63.4 Å². The highest BCUT2D eigenvalue weighted by atomic mass is 35.5. The van der Waals surface area contributed by atoms with Gasteiger partial charge < -0.3 is 4.74 Å². The number of ether oxygens (including phenoxy) is 1. The minimum absolute atomic E-state index is 0.0599. The van der Waals surface area contributed by atoms with Crippen molar-refractivity contribution in [2.45, 2.75) is 52.2 Å². The number of carbonyl (C=O) groups excluding carboxylic acids is 1. The molecule has 0 unspecified atom stereocenters. The third-order valence-electron chi connectivity index (χ3n) is 4.10. The molecule has 150 valence electrons. The molecule has 0 amide bonds. The Morgan fingerprint density at radius 3 is 2.25 bits per heavy atom. The first-order valence-corrected chi connectivity index (χ1v) is 9.27. The van der Waals surface area contributed by atoms with Gasteiger partial charge in [0.15, 0.2) is 17.2 Å². The van der Waals surface area contributed by atoms with E-state index in [1.165, 1.54) is 25.3 Å². The van der Waals surface area contributed by atoms with Gasteiger partial charge in [0.25, 0.3) is 0 Å². The molecule has 6 heteroatoms. The Bertz CT molecular complexity index is 889. The normalized spacial score (nSPS) is 14.1. The van der Waals surface area contributed by atoms with Gasteiger partial charge in [0.05, 0.1) is 0 Å². The summed E-state index contributed by atoms with van der Waals surface area (Å²) in [5.74, 6) is -2.52. The second-order valence-corrected chi connectivity index (χ2v) is 8.37. The summed E-state index contributed by atoms with van der Waals surface area (Å²) in [7, 11) is 0. The van der Waals surface area contributed by atoms with Crippen LogP contribution in [0.5, 0.6) is 0 Å². The average Bonchev–Trinajstić information content (AvgIpc) is 2.60. The van der Waals surface area contributed by atoms with Gasteiger partial charge in [0.1, 0.15) is 5.60 Å². The van der Waals surface area contributed by atoms with Crippen LogP contribution >= 0.6 is 11.6 Å². The van der Waals surface area contributed by atoms with Crippen molar-refractivity contribution >= 4 is 23.8 Å². The summed E-state index contributed by atoms with van der Waals surface area (Å²) in [5.41, 5.74) is -1.20. The molecule has 0 aliphatic heterocycles. The third kappa shape index (κ3) is 5.61. The first-order chi connectivity index (χ1) is 12.9. The molecule has 3 nitrogen and oxygen atoms in total. The van der Waals surface area contributed by atoms with Gasteiger partial charge >= 0.3 is 5.97 Å². The van der Waals surface area contributed by atoms with Crippen molar-refractivity contribution in [2.75, 3.05) is 0 Å². The maximum absolute atomic E-state index is 14.4. The SMILES string of the molecule is Cc1ccc(C[C@](C)(/N=C/c2ccc(Cl)cc2)C(=O)OC(C)(C)C)c(F)c1F. The quantitative estimate of drug-likeness (QED) is 0.471. The van der Waals surface area contributed by atoms with Crippen LogP contribution in [0.25, 0.3) is 0 Å². The summed E-state index contributed by atoms with van der Waals surface area (Å²) in [5, 5.41) is 0.573. The van der Waals surface area contributed by atoms with Crippen LogP contribution in [-0.2, 0) is 16.0 Å². The molecule has 1 atom stereocenters. The number of benzene rings is 2. The Hall–Kier alpha value is -2.27. The first-order valence-electron chi connectivity index (χ1n) is 8.89. The maximum Gasteiger partial charge on any atom is 0.334 e. The fourth-order valence-electron chi connectivity index (χ4n) is 2.52. The summed E-state index contributed by atoms with van der Waals surface area (Å²) < 4.78 is 33.9. The van der Waals surface area contributed by atoms with Crippen molar-refractivity contribution in [1.82, 2.24) is 0 Å². The van der Waals surface area contributed by atoms with Crippen LogP contribution in [0.1, 0.15) is 44.4 Å². The van der Waals surface area contributed by atoms with Crippen molar-refractivity contribution in [3.05, 3.63) is 69.7 Å². The number of aliphatic imine (C=N–C) groups is 1. The van der Waals surface area contributed by atoms with Crippen LogP contribution in [0.15, 0.2) is 41.4 Å². The molecular weight excluding hydrogens is 384 g/mol. The number of rotatable bonds is 5. The van der Waals surface area contributed by atoms with E-state index in [-0.39, 0.29) is 17.5 Å². The Morgan fingerprint density at radius 1 is 1.07 bits per heavy atom. The number of halogens is 3. The van der Waals surface area contributed by atoms with E-state index in [1.54, 1.807) is 52.0 Å². The van der Waals surface area contributed by atoms with E-state index in [1.807, 2.05) is 0 Å². The van der Waals surface area contributed by atoms with E-state index in [0.29, 0.717) is 5.02 Å². The van der Waals surface area contributed by atoms with E-state index in [9.17, 15) is 13.6 Å². The number of hydrogen-bond donors (Lipinski definition) is 0. The van der Waals surface area contributed by atoms with Gasteiger partial charge in [-0.25, -0.2) is 13.6 Å². The van der Waals surface area contributed by atoms with Crippen LogP contribution < -0.4 is 0 Å². The number of nitrogens with zero attached hydrogens (tertiary/aromatic N) is 1. The largest absolute Gasteiger partial charge is 0.458 e. The number of aryl methyl sites for hydroxylation is 1. The summed E-state index contributed by atoms with van der Waals surface area (Å²) in [4.78, 5) is 17.2. The smallest absolute Gasteiger partial charge is 0.334 e. The van der Waals surface area contributed by atoms with Crippen molar-refractivity contribution in [3.63, 3.8) is 0 Å². The molecule has 0 N–H and O–H groups in total. The molecule has 0 radical (unpaired) electrons. The van der Waals surface area contributed by atoms with Crippen LogP contribution in [0, 0.1) is 18.6 Å². The van der Waals surface area contributed by atoms with Gasteiger partial charge in [-0.3, -0.25) is 4.99 Å². The Labute approximate surface area is 169 Å². The standard InChI is InChI=1S/C22H24ClF2NO2/c1-14-6-9-16(19(25)18(14)24)12-22(5,20(27)28-21(2,3)4)26-13-15-7-10-17(23)11-8-15/h6-11,13H,12H2,1-5H3/b26-13+/t22-/m0/s1. The topological polar surface area (TPSA) is 38.7 Å². The zero-order valence-electron chi connectivity index (χ0n) is 16.6. The summed E-state index contributed by atoms with van der Waals surface area (Å²) in [6, 6.07) is 9.83. The molecule has 0 aliphatic rings. The minimum Gasteiger partial charge on any atom is -0.458 e. The van der Waals surface area contributed by atoms with E-state index in [2.05, 4.69) is 4.99 Å². The van der Waals surface area contributed by atoms with Gasteiger partial charge in [0, 0.05) is 17.7 Å². The molecule has 2 rings (SSSR count). The van der Waals surface area contributed by atoms with Crippen LogP contribution in [0.4, 0.5) is 8.78 Å². The van der Waals surface area contributed by atoms with Gasteiger partial charge in [-0.2, -0.15) is 0 Å². The Balaban J connectivity index is 2.42. The summed E-state index contributed by atoms with van der Waals surface area (Å²) >= 11 is 5.88. The van der Waals surface area contributed by atoms with E-state index in [4.69, 9.17) is 16.3 Å². The highest BCUT2D eigenvalue weighted by Crippen LogP contribution is 2.26. The lowest BCUT2D eigenvalue weighted by molar-refractivity contribution is -0.160. The number of esters is 1. The second-order valence-electron chi connectivity index (χ2n) is 7.93. The van der Waals surface area contributed by atoms with E-state index < -0.39 is 28.7 Å². The molecular formula is C22H24ClF2NO2. The van der Waals surface area contributed by atoms with Crippen LogP contribution in [0.2, 0.25) is 5.02 Å². The molecule has 0 heterocycles. The molecule has 2 aromatic carbocycles. The zero-order chi connectivity index (χ0) is 21.1. The predicted molar refractivity (Wildman–Crippen MR) is 108 cm³/mol. The predicted octanol–water partition coefficient (Wildman–Crippen LogP) is 5.69. The molecule has 0 saturated carbocycles. The molecule has 0 fully saturated rings. The van der Waals surface area contributed by atoms with E-state index in [0.717, 1.165) is 5.56 Å². The molecule has 28 heavy (non-hydrogen) atoms. The van der Waals surface area contributed by atoms with Gasteiger partial charge in [-0.1, -0.05) is 35.9 Å². The van der Waals surface area contributed by atoms with Crippen molar-refractivity contribution in [2.24, 2.45) is 4.99 Å². The molecule has 0 spiro atoms. The van der Waals surface area contributed by atoms with Crippen molar-refractivity contribution in [3.8, 4) is 0 Å². The second kappa shape index (κ2) is 8.39. The molecule has 0 aliphatic carbocycles. The van der Waals surface area contributed by atoms with Gasteiger partial charge in [0.2, 0.25) is 0 Å². The summed E-state index contributed by atoms with van der Waals surface area (Å²) in [6.45, 7) is 8.24. The highest BCUT2D eigenvalue weighted by molar-refractivity contribution is 6.30. The molecule has 2 aromatic rings. The van der Waals surface area contributed by atoms with E-state index >= 15 is 0 Å². The summed E-state index contributed by atoms with van der Waals surface area (Å²) in [6.07, 6.45) is 1.36. The zero-order valence-corrected chi connectivity index (χ0v) is 17.4. The highest BCUT2D eigenvalue weighted by Gasteiger charge is 2.38. The first kappa shape index (κ1) is 22.0. The maximum atomic E-state index is 14.4. The lowest BCUT2D eigenvalue weighted by atomic mass is 9.92. The lowest BCUT2D eigenvalue weighted by Gasteiger charge is -2.29. The fourth-order valence-corrected chi connectivity index (χ4v) is 2.64. The monoisotopic (exact) mass is 407 g/mol. The third-order valence-corrected chi connectivity index (χ3v) is 4.35. The van der Waals surface area contributed by atoms with Crippen LogP contribution in [0.3, 0.4) is 0 Å². The van der Waals surface area contributed by atoms with Crippen LogP contribution in [-0.4, -0.2) is 23.3 Å². The Morgan fingerprint density at radius 2 is 1.68 bits per heavy atom. The molecule has 0 bridgehead atoms. The molecule has 0 saturated heterocycles.